The van der Waals surface area contributed by atoms with Crippen molar-refractivity contribution in [3.05, 3.63) is 79.6 Å². The average molecular weight is 380 g/mol. The maximum atomic E-state index is 12.7. The van der Waals surface area contributed by atoms with E-state index in [9.17, 15) is 4.79 Å². The molecule has 2 heterocycles. The number of fused-ring (bicyclic) bond motifs is 1. The normalized spacial score (nSPS) is 11.1. The molecule has 0 atom stereocenters. The molecule has 130 valence electrons. The molecule has 0 amide bonds. The Morgan fingerprint density at radius 3 is 2.65 bits per heavy atom. The zero-order chi connectivity index (χ0) is 18.1. The fourth-order valence-corrected chi connectivity index (χ4v) is 3.89. The Morgan fingerprint density at radius 2 is 1.92 bits per heavy atom. The molecule has 0 spiro atoms. The number of thiazole rings is 1. The largest absolute Gasteiger partial charge is 0.332 e. The van der Waals surface area contributed by atoms with Gasteiger partial charge in [-0.05, 0) is 43.3 Å². The monoisotopic (exact) mass is 379 g/mol. The second kappa shape index (κ2) is 6.97. The highest BCUT2D eigenvalue weighted by Crippen LogP contribution is 2.22. The van der Waals surface area contributed by atoms with Gasteiger partial charge in [0, 0.05) is 17.5 Å². The molecule has 0 unspecified atom stereocenters. The number of hydrogen-bond donors (Lipinski definition) is 1. The molecule has 0 bridgehead atoms. The number of H-pyrrole nitrogens is 1. The average Bonchev–Trinajstić information content (AvgIpc) is 3.08. The minimum absolute atomic E-state index is 0.0427. The quantitative estimate of drug-likeness (QED) is 0.521. The van der Waals surface area contributed by atoms with Crippen molar-refractivity contribution in [3.8, 4) is 11.3 Å². The lowest BCUT2D eigenvalue weighted by Crippen LogP contribution is -2.23. The van der Waals surface area contributed by atoms with E-state index in [0.717, 1.165) is 33.8 Å². The topological polar surface area (TPSA) is 50.7 Å². The summed E-state index contributed by atoms with van der Waals surface area (Å²) in [5.41, 5.74) is 4.02. The standard InChI is InChI=1S/C20H17N3OS2/c1-13-21-18(12-26-13)15-8-6-14(7-9-15)10-11-23-19(24)16-4-2-3-5-17(16)22-20(23)25/h2-9,12H,10-11H2,1H3,(H,22,25). The van der Waals surface area contributed by atoms with Crippen molar-refractivity contribution in [2.45, 2.75) is 19.9 Å². The Labute approximate surface area is 159 Å². The molecule has 1 N–H and O–H groups in total. The fourth-order valence-electron chi connectivity index (χ4n) is 2.98. The fraction of sp³-hybridized carbons (Fsp3) is 0.150. The van der Waals surface area contributed by atoms with Crippen LogP contribution in [0.1, 0.15) is 10.6 Å². The van der Waals surface area contributed by atoms with Crippen LogP contribution >= 0.6 is 23.6 Å². The summed E-state index contributed by atoms with van der Waals surface area (Å²) in [6.07, 6.45) is 0.742. The van der Waals surface area contributed by atoms with Crippen molar-refractivity contribution in [1.82, 2.24) is 14.5 Å². The summed E-state index contributed by atoms with van der Waals surface area (Å²) in [6, 6.07) is 15.8. The van der Waals surface area contributed by atoms with Gasteiger partial charge >= 0.3 is 0 Å². The van der Waals surface area contributed by atoms with E-state index in [1.54, 1.807) is 15.9 Å². The molecule has 4 nitrogen and oxygen atoms in total. The summed E-state index contributed by atoms with van der Waals surface area (Å²) in [5, 5.41) is 3.79. The minimum Gasteiger partial charge on any atom is -0.332 e. The smallest absolute Gasteiger partial charge is 0.262 e. The first-order chi connectivity index (χ1) is 12.6. The van der Waals surface area contributed by atoms with Gasteiger partial charge in [0.1, 0.15) is 0 Å². The predicted molar refractivity (Wildman–Crippen MR) is 109 cm³/mol. The van der Waals surface area contributed by atoms with Gasteiger partial charge in [-0.1, -0.05) is 36.4 Å². The second-order valence-corrected chi connectivity index (χ2v) is 7.58. The molecule has 0 aliphatic heterocycles. The van der Waals surface area contributed by atoms with Gasteiger partial charge in [0.15, 0.2) is 4.77 Å². The predicted octanol–water partition coefficient (Wildman–Crippen LogP) is 4.73. The van der Waals surface area contributed by atoms with Crippen LogP contribution in [0.5, 0.6) is 0 Å². The first-order valence-corrected chi connectivity index (χ1v) is 9.64. The summed E-state index contributed by atoms with van der Waals surface area (Å²) in [4.78, 5) is 20.3. The second-order valence-electron chi connectivity index (χ2n) is 6.13. The lowest BCUT2D eigenvalue weighted by Gasteiger charge is -2.08. The van der Waals surface area contributed by atoms with Gasteiger partial charge in [-0.25, -0.2) is 4.98 Å². The number of hydrogen-bond acceptors (Lipinski definition) is 4. The summed E-state index contributed by atoms with van der Waals surface area (Å²) in [5.74, 6) is 0. The van der Waals surface area contributed by atoms with E-state index >= 15 is 0 Å². The molecule has 0 saturated heterocycles. The maximum Gasteiger partial charge on any atom is 0.262 e. The minimum atomic E-state index is -0.0427. The third-order valence-corrected chi connectivity index (χ3v) is 5.48. The van der Waals surface area contributed by atoms with E-state index in [-0.39, 0.29) is 5.56 Å². The van der Waals surface area contributed by atoms with Gasteiger partial charge in [-0.2, -0.15) is 0 Å². The molecule has 4 aromatic rings. The Kier molecular flexibility index (Phi) is 4.53. The van der Waals surface area contributed by atoms with Crippen molar-refractivity contribution in [2.24, 2.45) is 0 Å². The third-order valence-electron chi connectivity index (χ3n) is 4.38. The van der Waals surface area contributed by atoms with Crippen LogP contribution in [0.4, 0.5) is 0 Å². The highest BCUT2D eigenvalue weighted by Gasteiger charge is 2.06. The van der Waals surface area contributed by atoms with E-state index in [2.05, 4.69) is 39.6 Å². The van der Waals surface area contributed by atoms with E-state index in [1.165, 1.54) is 0 Å². The lowest BCUT2D eigenvalue weighted by atomic mass is 10.1. The number of para-hydroxylation sites is 1. The van der Waals surface area contributed by atoms with Gasteiger partial charge in [0.05, 0.1) is 21.6 Å². The molecule has 26 heavy (non-hydrogen) atoms. The van der Waals surface area contributed by atoms with Crippen molar-refractivity contribution in [3.63, 3.8) is 0 Å². The first-order valence-electron chi connectivity index (χ1n) is 8.35. The first kappa shape index (κ1) is 16.9. The van der Waals surface area contributed by atoms with Gasteiger partial charge in [-0.3, -0.25) is 9.36 Å². The molecule has 0 saturated carbocycles. The van der Waals surface area contributed by atoms with Gasteiger partial charge in [0.2, 0.25) is 0 Å². The molecular formula is C20H17N3OS2. The summed E-state index contributed by atoms with van der Waals surface area (Å²) >= 11 is 7.02. The van der Waals surface area contributed by atoms with Gasteiger partial charge in [0.25, 0.3) is 5.56 Å². The number of aromatic amines is 1. The maximum absolute atomic E-state index is 12.7. The molecule has 0 fully saturated rings. The summed E-state index contributed by atoms with van der Waals surface area (Å²) < 4.78 is 2.10. The molecule has 0 radical (unpaired) electrons. The molecule has 0 aliphatic carbocycles. The summed E-state index contributed by atoms with van der Waals surface area (Å²) in [7, 11) is 0. The van der Waals surface area contributed by atoms with Crippen molar-refractivity contribution in [2.75, 3.05) is 0 Å². The summed E-state index contributed by atoms with van der Waals surface area (Å²) in [6.45, 7) is 2.56. The van der Waals surface area contributed by atoms with Crippen molar-refractivity contribution in [1.29, 1.82) is 0 Å². The van der Waals surface area contributed by atoms with E-state index in [0.29, 0.717) is 16.7 Å². The van der Waals surface area contributed by atoms with Crippen LogP contribution < -0.4 is 5.56 Å². The number of nitrogens with zero attached hydrogens (tertiary/aromatic N) is 2. The van der Waals surface area contributed by atoms with E-state index in [4.69, 9.17) is 12.2 Å². The Morgan fingerprint density at radius 1 is 1.15 bits per heavy atom. The Bertz CT molecular complexity index is 1190. The Balaban J connectivity index is 1.57. The van der Waals surface area contributed by atoms with Gasteiger partial charge < -0.3 is 4.98 Å². The van der Waals surface area contributed by atoms with Crippen LogP contribution in [0.2, 0.25) is 0 Å². The van der Waals surface area contributed by atoms with Crippen LogP contribution in [-0.2, 0) is 13.0 Å². The van der Waals surface area contributed by atoms with Crippen LogP contribution in [0.25, 0.3) is 22.2 Å². The number of aryl methyl sites for hydroxylation is 2. The number of nitrogens with one attached hydrogen (secondary N) is 1. The highest BCUT2D eigenvalue weighted by atomic mass is 32.1. The van der Waals surface area contributed by atoms with E-state index < -0.39 is 0 Å². The van der Waals surface area contributed by atoms with Crippen LogP contribution in [0, 0.1) is 11.7 Å². The van der Waals surface area contributed by atoms with Crippen molar-refractivity contribution >= 4 is 34.5 Å². The Hall–Kier alpha value is -2.57. The molecule has 6 heteroatoms. The zero-order valence-electron chi connectivity index (χ0n) is 14.2. The van der Waals surface area contributed by atoms with E-state index in [1.807, 2.05) is 31.2 Å². The molecule has 2 aromatic heterocycles. The number of benzene rings is 2. The highest BCUT2D eigenvalue weighted by molar-refractivity contribution is 7.71. The molecule has 2 aromatic carbocycles. The molecule has 4 rings (SSSR count). The lowest BCUT2D eigenvalue weighted by molar-refractivity contribution is 0.652. The SMILES string of the molecule is Cc1nc(-c2ccc(CCn3c(=S)[nH]c4ccccc4c3=O)cc2)cs1. The van der Waals surface area contributed by atoms with Crippen molar-refractivity contribution < 1.29 is 0 Å². The van der Waals surface area contributed by atoms with Crippen LogP contribution in [0.15, 0.2) is 58.7 Å². The van der Waals surface area contributed by atoms with Crippen LogP contribution in [0.3, 0.4) is 0 Å². The molecule has 0 aliphatic rings. The number of rotatable bonds is 4. The zero-order valence-corrected chi connectivity index (χ0v) is 15.9. The molecular weight excluding hydrogens is 362 g/mol. The van der Waals surface area contributed by atoms with Gasteiger partial charge in [-0.15, -0.1) is 11.3 Å². The van der Waals surface area contributed by atoms with Crippen LogP contribution in [-0.4, -0.2) is 14.5 Å². The number of aromatic nitrogens is 3. The third kappa shape index (κ3) is 3.25.